The fourth-order valence-corrected chi connectivity index (χ4v) is 5.09. The molecule has 1 aliphatic rings. The number of carbonyl (C=O) groups is 1. The van der Waals surface area contributed by atoms with Crippen LogP contribution in [-0.4, -0.2) is 63.7 Å². The summed E-state index contributed by atoms with van der Waals surface area (Å²) in [5.74, 6) is -0.598. The number of amidine groups is 1. The number of aliphatic imine (C=N–C) groups is 1. The third-order valence-corrected chi connectivity index (χ3v) is 7.31. The second-order valence-corrected chi connectivity index (χ2v) is 10.5. The molecule has 2 aromatic carbocycles. The number of nitrogens with two attached hydrogens (primary N) is 1. The van der Waals surface area contributed by atoms with Crippen LogP contribution in [0.5, 0.6) is 5.75 Å². The quantitative estimate of drug-likeness (QED) is 0.314. The van der Waals surface area contributed by atoms with Crippen LogP contribution in [0.25, 0.3) is 6.08 Å². The van der Waals surface area contributed by atoms with E-state index in [9.17, 15) is 13.2 Å². The number of carbonyl (C=O) groups excluding carboxylic acids is 1. The van der Waals surface area contributed by atoms with Gasteiger partial charge in [-0.15, -0.1) is 0 Å². The number of piperidine rings is 1. The van der Waals surface area contributed by atoms with Crippen molar-refractivity contribution in [1.29, 1.82) is 5.41 Å². The summed E-state index contributed by atoms with van der Waals surface area (Å²) < 4.78 is 37.4. The first-order valence-electron chi connectivity index (χ1n) is 12.1. The molecule has 10 nitrogen and oxygen atoms in total. The Hall–Kier alpha value is -3.57. The second kappa shape index (κ2) is 13.3. The van der Waals surface area contributed by atoms with E-state index >= 15 is 0 Å². The lowest BCUT2D eigenvalue weighted by atomic mass is 10.1. The largest absolute Gasteiger partial charge is 0.489 e. The summed E-state index contributed by atoms with van der Waals surface area (Å²) in [5.41, 5.74) is 7.01. The zero-order valence-electron chi connectivity index (χ0n) is 21.3. The predicted molar refractivity (Wildman–Crippen MR) is 150 cm³/mol. The van der Waals surface area contributed by atoms with E-state index in [0.29, 0.717) is 11.3 Å². The maximum absolute atomic E-state index is 12.9. The van der Waals surface area contributed by atoms with Gasteiger partial charge >= 0.3 is 16.3 Å². The summed E-state index contributed by atoms with van der Waals surface area (Å²) in [6, 6.07) is 11.6. The Balaban J connectivity index is 1.77. The van der Waals surface area contributed by atoms with Crippen LogP contribution >= 0.6 is 11.6 Å². The molecule has 1 heterocycles. The normalized spacial score (nSPS) is 14.7. The van der Waals surface area contributed by atoms with E-state index in [-0.39, 0.29) is 29.2 Å². The second-order valence-electron chi connectivity index (χ2n) is 8.59. The molecule has 0 atom stereocenters. The van der Waals surface area contributed by atoms with Gasteiger partial charge in [0.2, 0.25) is 0 Å². The monoisotopic (exact) mass is 561 g/mol. The molecule has 204 valence electrons. The maximum atomic E-state index is 12.9. The van der Waals surface area contributed by atoms with Crippen molar-refractivity contribution < 1.29 is 22.1 Å². The van der Waals surface area contributed by atoms with Gasteiger partial charge in [0.25, 0.3) is 0 Å². The Morgan fingerprint density at radius 3 is 2.63 bits per heavy atom. The summed E-state index contributed by atoms with van der Waals surface area (Å²) in [5, 5.41) is 7.81. The standard InChI is InChI=1S/C26H32ClN5O5S/c1-3-30-18-31-14-11-23(12-15-31)36-25-10-9-22(17-24(25)27)32(38(34,35)37-19(2)33)13-5-7-20-6-4-8-21(16-20)26(28)29/h4-10,16-18,23H,3,11-15H2,1-2H3,(H3,28,29)/b7-5+,30-18?. The molecule has 1 aliphatic heterocycles. The molecule has 0 saturated carbocycles. The molecule has 0 amide bonds. The number of nitrogens with one attached hydrogen (secondary N) is 1. The molecule has 1 fully saturated rings. The number of ether oxygens (including phenoxy) is 1. The number of hydrogen-bond donors (Lipinski definition) is 2. The maximum Gasteiger partial charge on any atom is 0.412 e. The van der Waals surface area contributed by atoms with E-state index in [2.05, 4.69) is 14.1 Å². The highest BCUT2D eigenvalue weighted by Crippen LogP contribution is 2.32. The van der Waals surface area contributed by atoms with Crippen molar-refractivity contribution in [3.05, 3.63) is 64.7 Å². The van der Waals surface area contributed by atoms with Crippen LogP contribution in [-0.2, 0) is 19.3 Å². The lowest BCUT2D eigenvalue weighted by Gasteiger charge is -2.31. The van der Waals surface area contributed by atoms with Crippen molar-refractivity contribution in [1.82, 2.24) is 4.90 Å². The van der Waals surface area contributed by atoms with Gasteiger partial charge in [0.15, 0.2) is 0 Å². The van der Waals surface area contributed by atoms with Crippen molar-refractivity contribution in [3.63, 3.8) is 0 Å². The molecule has 2 aromatic rings. The van der Waals surface area contributed by atoms with E-state index in [1.807, 2.05) is 13.3 Å². The summed E-state index contributed by atoms with van der Waals surface area (Å²) >= 11 is 6.49. The van der Waals surface area contributed by atoms with Crippen molar-refractivity contribution >= 4 is 51.8 Å². The van der Waals surface area contributed by atoms with E-state index in [4.69, 9.17) is 27.5 Å². The summed E-state index contributed by atoms with van der Waals surface area (Å²) in [6.07, 6.45) is 6.71. The molecule has 12 heteroatoms. The molecule has 0 spiro atoms. The Kier molecular flexibility index (Phi) is 10.1. The SMILES string of the molecule is CCN=CN1CCC(Oc2ccc(N(C/C=C/c3cccc(C(=N)N)c3)S(=O)(=O)OC(C)=O)cc2Cl)CC1. The summed E-state index contributed by atoms with van der Waals surface area (Å²) in [4.78, 5) is 17.9. The third-order valence-electron chi connectivity index (χ3n) is 5.67. The van der Waals surface area contributed by atoms with Gasteiger partial charge < -0.3 is 19.6 Å². The molecule has 1 saturated heterocycles. The molecular formula is C26H32ClN5O5S. The first kappa shape index (κ1) is 29.0. The van der Waals surface area contributed by atoms with E-state index in [1.165, 1.54) is 6.07 Å². The highest BCUT2D eigenvalue weighted by Gasteiger charge is 2.26. The number of hydrogen-bond acceptors (Lipinski definition) is 7. The van der Waals surface area contributed by atoms with Crippen LogP contribution in [0.3, 0.4) is 0 Å². The topological polar surface area (TPSA) is 138 Å². The highest BCUT2D eigenvalue weighted by molar-refractivity contribution is 7.88. The number of likely N-dealkylation sites (tertiary alicyclic amines) is 1. The Bertz CT molecular complexity index is 1310. The van der Waals surface area contributed by atoms with Gasteiger partial charge in [0.1, 0.15) is 17.7 Å². The lowest BCUT2D eigenvalue weighted by molar-refractivity contribution is -0.131. The molecule has 3 N–H and O–H groups in total. The van der Waals surface area contributed by atoms with Crippen LogP contribution < -0.4 is 14.8 Å². The molecule has 0 radical (unpaired) electrons. The van der Waals surface area contributed by atoms with E-state index < -0.39 is 16.3 Å². The van der Waals surface area contributed by atoms with E-state index in [1.54, 1.807) is 48.6 Å². The van der Waals surface area contributed by atoms with Crippen LogP contribution in [0.1, 0.15) is 37.8 Å². The Labute approximate surface area is 228 Å². The smallest absolute Gasteiger partial charge is 0.412 e. The number of benzene rings is 2. The lowest BCUT2D eigenvalue weighted by Crippen LogP contribution is -2.37. The zero-order chi connectivity index (χ0) is 27.7. The van der Waals surface area contributed by atoms with Crippen LogP contribution in [0, 0.1) is 5.41 Å². The Morgan fingerprint density at radius 2 is 2.00 bits per heavy atom. The van der Waals surface area contributed by atoms with Crippen molar-refractivity contribution in [2.24, 2.45) is 10.7 Å². The van der Waals surface area contributed by atoms with Crippen LogP contribution in [0.2, 0.25) is 5.02 Å². The van der Waals surface area contributed by atoms with Crippen LogP contribution in [0.4, 0.5) is 5.69 Å². The highest BCUT2D eigenvalue weighted by atomic mass is 35.5. The number of rotatable bonds is 11. The number of nitrogen functional groups attached to an aromatic ring is 1. The number of halogens is 1. The molecule has 0 aromatic heterocycles. The first-order valence-corrected chi connectivity index (χ1v) is 13.9. The van der Waals surface area contributed by atoms with Crippen molar-refractivity contribution in [2.45, 2.75) is 32.8 Å². The summed E-state index contributed by atoms with van der Waals surface area (Å²) in [6.45, 7) is 5.24. The molecule has 3 rings (SSSR count). The molecular weight excluding hydrogens is 530 g/mol. The zero-order valence-corrected chi connectivity index (χ0v) is 22.9. The van der Waals surface area contributed by atoms with Gasteiger partial charge in [-0.1, -0.05) is 42.0 Å². The van der Waals surface area contributed by atoms with Gasteiger partial charge in [-0.2, -0.15) is 8.42 Å². The minimum Gasteiger partial charge on any atom is -0.489 e. The van der Waals surface area contributed by atoms with Gasteiger partial charge in [-0.05, 0) is 36.8 Å². The average Bonchev–Trinajstić information content (AvgIpc) is 2.86. The van der Waals surface area contributed by atoms with Gasteiger partial charge in [0.05, 0.1) is 23.6 Å². The van der Waals surface area contributed by atoms with Crippen molar-refractivity contribution in [3.8, 4) is 5.75 Å². The van der Waals surface area contributed by atoms with Crippen LogP contribution in [0.15, 0.2) is 53.5 Å². The molecule has 0 unspecified atom stereocenters. The fraction of sp³-hybridized carbons (Fsp3) is 0.346. The molecule has 38 heavy (non-hydrogen) atoms. The predicted octanol–water partition coefficient (Wildman–Crippen LogP) is 3.84. The number of nitrogens with zero attached hydrogens (tertiary/aromatic N) is 3. The fourth-order valence-electron chi connectivity index (χ4n) is 3.84. The van der Waals surface area contributed by atoms with Crippen molar-refractivity contribution in [2.75, 3.05) is 30.5 Å². The minimum absolute atomic E-state index is 0.0285. The summed E-state index contributed by atoms with van der Waals surface area (Å²) in [7, 11) is -4.46. The number of anilines is 1. The third kappa shape index (κ3) is 8.22. The Morgan fingerprint density at radius 1 is 1.26 bits per heavy atom. The van der Waals surface area contributed by atoms with Gasteiger partial charge in [-0.25, -0.2) is 4.31 Å². The first-order chi connectivity index (χ1) is 18.1. The molecule has 0 bridgehead atoms. The van der Waals surface area contributed by atoms with Gasteiger partial charge in [-0.3, -0.25) is 15.2 Å². The van der Waals surface area contributed by atoms with Gasteiger partial charge in [0, 0.05) is 45.0 Å². The molecule has 0 aliphatic carbocycles. The average molecular weight is 562 g/mol. The van der Waals surface area contributed by atoms with E-state index in [0.717, 1.165) is 49.3 Å². The minimum atomic E-state index is -4.46.